The highest BCUT2D eigenvalue weighted by Crippen LogP contribution is 2.18. The van der Waals surface area contributed by atoms with Crippen LogP contribution in [-0.4, -0.2) is 46.7 Å². The number of carboxylic acid groups (broad SMARTS) is 2. The van der Waals surface area contributed by atoms with E-state index in [2.05, 4.69) is 18.7 Å². The largest absolute Gasteiger partial charge is 0.478 e. The predicted molar refractivity (Wildman–Crippen MR) is 76.6 cm³/mol. The molecule has 0 amide bonds. The van der Waals surface area contributed by atoms with Gasteiger partial charge in [-0.1, -0.05) is 13.8 Å². The van der Waals surface area contributed by atoms with Crippen LogP contribution in [0.3, 0.4) is 0 Å². The quantitative estimate of drug-likeness (QED) is 0.800. The molecule has 0 unspecified atom stereocenters. The Kier molecular flexibility index (Phi) is 5.70. The molecule has 5 heteroatoms. The molecule has 0 aromatic heterocycles. The molecule has 0 saturated carbocycles. The lowest BCUT2D eigenvalue weighted by atomic mass is 9.97. The zero-order chi connectivity index (χ0) is 15.3. The van der Waals surface area contributed by atoms with Crippen molar-refractivity contribution in [1.29, 1.82) is 0 Å². The molecule has 0 aliphatic carbocycles. The van der Waals surface area contributed by atoms with E-state index in [1.807, 2.05) is 0 Å². The smallest absolute Gasteiger partial charge is 0.335 e. The summed E-state index contributed by atoms with van der Waals surface area (Å²) >= 11 is 0. The van der Waals surface area contributed by atoms with Gasteiger partial charge in [0.05, 0.1) is 11.1 Å². The van der Waals surface area contributed by atoms with Gasteiger partial charge in [0, 0.05) is 6.54 Å². The van der Waals surface area contributed by atoms with E-state index in [1.165, 1.54) is 6.92 Å². The molecule has 0 fully saturated rings. The van der Waals surface area contributed by atoms with Crippen LogP contribution in [0.25, 0.3) is 0 Å². The maximum atomic E-state index is 11.2. The monoisotopic (exact) mass is 279 g/mol. The second-order valence-electron chi connectivity index (χ2n) is 4.70. The fourth-order valence-corrected chi connectivity index (χ4v) is 2.19. The van der Waals surface area contributed by atoms with Crippen LogP contribution in [0.5, 0.6) is 0 Å². The van der Waals surface area contributed by atoms with Gasteiger partial charge in [-0.25, -0.2) is 9.59 Å². The topological polar surface area (TPSA) is 77.8 Å². The third-order valence-electron chi connectivity index (χ3n) is 3.54. The Hall–Kier alpha value is -1.88. The number of aromatic carboxylic acids is 2. The van der Waals surface area contributed by atoms with Gasteiger partial charge in [0.1, 0.15) is 0 Å². The summed E-state index contributed by atoms with van der Waals surface area (Å²) in [6.07, 6.45) is 0.641. The van der Waals surface area contributed by atoms with Crippen LogP contribution in [-0.2, 0) is 6.42 Å². The number of hydrogen-bond acceptors (Lipinski definition) is 3. The van der Waals surface area contributed by atoms with Crippen LogP contribution >= 0.6 is 0 Å². The molecule has 0 radical (unpaired) electrons. The number of carboxylic acids is 2. The Morgan fingerprint density at radius 1 is 1.05 bits per heavy atom. The van der Waals surface area contributed by atoms with Gasteiger partial charge in [0.25, 0.3) is 0 Å². The minimum Gasteiger partial charge on any atom is -0.478 e. The van der Waals surface area contributed by atoms with Gasteiger partial charge in [-0.15, -0.1) is 0 Å². The van der Waals surface area contributed by atoms with Crippen LogP contribution in [0.15, 0.2) is 12.1 Å². The minimum atomic E-state index is -1.09. The molecule has 1 aromatic rings. The fourth-order valence-electron chi connectivity index (χ4n) is 2.19. The van der Waals surface area contributed by atoms with Gasteiger partial charge < -0.3 is 15.1 Å². The zero-order valence-electron chi connectivity index (χ0n) is 12.1. The van der Waals surface area contributed by atoms with Crippen molar-refractivity contribution in [2.45, 2.75) is 27.2 Å². The van der Waals surface area contributed by atoms with Gasteiger partial charge in [-0.3, -0.25) is 0 Å². The van der Waals surface area contributed by atoms with Crippen molar-refractivity contribution in [2.75, 3.05) is 19.6 Å². The second-order valence-corrected chi connectivity index (χ2v) is 4.70. The summed E-state index contributed by atoms with van der Waals surface area (Å²) < 4.78 is 0. The van der Waals surface area contributed by atoms with Crippen LogP contribution in [0.4, 0.5) is 0 Å². The maximum Gasteiger partial charge on any atom is 0.335 e. The Morgan fingerprint density at radius 3 is 1.85 bits per heavy atom. The van der Waals surface area contributed by atoms with Gasteiger partial charge in [0.15, 0.2) is 0 Å². The Balaban J connectivity index is 3.08. The van der Waals surface area contributed by atoms with Crippen molar-refractivity contribution in [2.24, 2.45) is 0 Å². The lowest BCUT2D eigenvalue weighted by Crippen LogP contribution is -2.25. The molecule has 0 spiro atoms. The molecule has 20 heavy (non-hydrogen) atoms. The molecule has 0 aliphatic heterocycles. The number of hydrogen-bond donors (Lipinski definition) is 2. The molecular formula is C15H21NO4. The highest BCUT2D eigenvalue weighted by Gasteiger charge is 2.17. The Labute approximate surface area is 118 Å². The molecule has 1 rings (SSSR count). The molecule has 1 aromatic carbocycles. The van der Waals surface area contributed by atoms with Crippen molar-refractivity contribution >= 4 is 11.9 Å². The fraction of sp³-hybridized carbons (Fsp3) is 0.467. The number of nitrogens with zero attached hydrogens (tertiary/aromatic N) is 1. The van der Waals surface area contributed by atoms with Gasteiger partial charge in [-0.2, -0.15) is 0 Å². The van der Waals surface area contributed by atoms with E-state index in [4.69, 9.17) is 10.2 Å². The van der Waals surface area contributed by atoms with Gasteiger partial charge >= 0.3 is 11.9 Å². The molecule has 0 heterocycles. The molecule has 0 bridgehead atoms. The molecule has 110 valence electrons. The number of carbonyl (C=O) groups is 2. The zero-order valence-corrected chi connectivity index (χ0v) is 12.1. The average molecular weight is 279 g/mol. The molecule has 0 aliphatic rings. The van der Waals surface area contributed by atoms with Crippen molar-refractivity contribution < 1.29 is 19.8 Å². The summed E-state index contributed by atoms with van der Waals surface area (Å²) in [7, 11) is 0. The summed E-state index contributed by atoms with van der Waals surface area (Å²) in [6, 6.07) is 3.15. The van der Waals surface area contributed by atoms with Gasteiger partial charge in [-0.05, 0) is 49.7 Å². The van der Waals surface area contributed by atoms with Crippen LogP contribution in [0, 0.1) is 6.92 Å². The molecule has 5 nitrogen and oxygen atoms in total. The van der Waals surface area contributed by atoms with E-state index >= 15 is 0 Å². The minimum absolute atomic E-state index is 0.0689. The first-order chi connectivity index (χ1) is 9.40. The number of likely N-dealkylation sites (N-methyl/N-ethyl adjacent to an activating group) is 1. The lowest BCUT2D eigenvalue weighted by Gasteiger charge is -2.18. The molecule has 0 atom stereocenters. The lowest BCUT2D eigenvalue weighted by molar-refractivity contribution is 0.0696. The van der Waals surface area contributed by atoms with Gasteiger partial charge in [0.2, 0.25) is 0 Å². The summed E-state index contributed by atoms with van der Waals surface area (Å²) in [4.78, 5) is 24.6. The standard InChI is InChI=1S/C15H21NO4/c1-4-16(5-2)7-6-11-8-12(14(17)18)10(3)13(9-11)15(19)20/h8-9H,4-7H2,1-3H3,(H,17,18)(H,19,20). The highest BCUT2D eigenvalue weighted by atomic mass is 16.4. The first kappa shape index (κ1) is 16.2. The van der Waals surface area contributed by atoms with E-state index in [9.17, 15) is 9.59 Å². The molecular weight excluding hydrogens is 258 g/mol. The molecule has 0 saturated heterocycles. The van der Waals surface area contributed by atoms with E-state index in [0.29, 0.717) is 12.0 Å². The highest BCUT2D eigenvalue weighted by molar-refractivity contribution is 5.96. The second kappa shape index (κ2) is 7.05. The first-order valence-corrected chi connectivity index (χ1v) is 6.73. The maximum absolute atomic E-state index is 11.2. The van der Waals surface area contributed by atoms with Crippen LogP contribution in [0.1, 0.15) is 45.7 Å². The van der Waals surface area contributed by atoms with Crippen molar-refractivity contribution in [3.63, 3.8) is 0 Å². The first-order valence-electron chi connectivity index (χ1n) is 6.73. The van der Waals surface area contributed by atoms with Crippen molar-refractivity contribution in [3.05, 3.63) is 34.4 Å². The Morgan fingerprint density at radius 2 is 1.50 bits per heavy atom. The molecule has 2 N–H and O–H groups in total. The Bertz CT molecular complexity index is 472. The summed E-state index contributed by atoms with van der Waals surface area (Å²) in [5, 5.41) is 18.3. The predicted octanol–water partition coefficient (Wildman–Crippen LogP) is 2.28. The van der Waals surface area contributed by atoms with E-state index in [1.54, 1.807) is 12.1 Å². The summed E-state index contributed by atoms with van der Waals surface area (Å²) in [6.45, 7) is 8.27. The summed E-state index contributed by atoms with van der Waals surface area (Å²) in [5.74, 6) is -2.18. The third kappa shape index (κ3) is 3.81. The van der Waals surface area contributed by atoms with E-state index < -0.39 is 11.9 Å². The van der Waals surface area contributed by atoms with Crippen LogP contribution in [0.2, 0.25) is 0 Å². The summed E-state index contributed by atoms with van der Waals surface area (Å²) in [5.41, 5.74) is 1.19. The van der Waals surface area contributed by atoms with E-state index in [-0.39, 0.29) is 11.1 Å². The van der Waals surface area contributed by atoms with Crippen molar-refractivity contribution in [1.82, 2.24) is 4.90 Å². The number of benzene rings is 1. The van der Waals surface area contributed by atoms with E-state index in [0.717, 1.165) is 25.2 Å². The third-order valence-corrected chi connectivity index (χ3v) is 3.54. The average Bonchev–Trinajstić information content (AvgIpc) is 2.40. The SMILES string of the molecule is CCN(CC)CCc1cc(C(=O)O)c(C)c(C(=O)O)c1. The number of rotatable bonds is 7. The normalized spacial score (nSPS) is 10.8. The van der Waals surface area contributed by atoms with Crippen molar-refractivity contribution in [3.8, 4) is 0 Å². The van der Waals surface area contributed by atoms with Crippen LogP contribution < -0.4 is 0 Å².